The first-order valence-corrected chi connectivity index (χ1v) is 7.23. The Morgan fingerprint density at radius 1 is 1.20 bits per heavy atom. The van der Waals surface area contributed by atoms with E-state index in [1.54, 1.807) is 12.1 Å². The molecule has 0 spiro atoms. The quantitative estimate of drug-likeness (QED) is 0.635. The Balaban J connectivity index is 2.70. The average molecular weight is 295 g/mol. The smallest absolute Gasteiger partial charge is 0.358 e. The number of hydrogen-bond acceptors (Lipinski definition) is 5. The minimum absolute atomic E-state index is 0.00991. The van der Waals surface area contributed by atoms with Crippen molar-refractivity contribution in [3.8, 4) is 0 Å². The van der Waals surface area contributed by atoms with E-state index in [1.165, 1.54) is 26.1 Å². The van der Waals surface area contributed by atoms with Gasteiger partial charge in [0.25, 0.3) is 5.03 Å². The number of nitro groups is 1. The molecule has 0 unspecified atom stereocenters. The van der Waals surface area contributed by atoms with E-state index in [-0.39, 0.29) is 10.7 Å². The summed E-state index contributed by atoms with van der Waals surface area (Å²) < 4.78 is 26.1. The molecule has 0 aliphatic carbocycles. The SMILES string of the molecule is Cc1ccc(S(=O)(=O)c2nc(C)n(C)c2[N+](=O)[O-])cc1. The van der Waals surface area contributed by atoms with Crippen LogP contribution < -0.4 is 0 Å². The van der Waals surface area contributed by atoms with Gasteiger partial charge in [0, 0.05) is 6.92 Å². The highest BCUT2D eigenvalue weighted by Crippen LogP contribution is 2.29. The molecule has 0 N–H and O–H groups in total. The molecule has 0 amide bonds. The molecule has 0 aliphatic rings. The van der Waals surface area contributed by atoms with E-state index >= 15 is 0 Å². The molecule has 8 heteroatoms. The van der Waals surface area contributed by atoms with Crippen LogP contribution in [0, 0.1) is 24.0 Å². The summed E-state index contributed by atoms with van der Waals surface area (Å²) in [7, 11) is -2.60. The molecule has 0 radical (unpaired) electrons. The number of benzene rings is 1. The molecule has 2 aromatic rings. The van der Waals surface area contributed by atoms with E-state index in [9.17, 15) is 18.5 Å². The summed E-state index contributed by atoms with van der Waals surface area (Å²) in [5.41, 5.74) is 0.899. The number of imidazole rings is 1. The Labute approximate surface area is 116 Å². The summed E-state index contributed by atoms with van der Waals surface area (Å²) in [6, 6.07) is 6.10. The summed E-state index contributed by atoms with van der Waals surface area (Å²) in [4.78, 5) is 14.2. The molecule has 7 nitrogen and oxygen atoms in total. The third kappa shape index (κ3) is 2.18. The van der Waals surface area contributed by atoms with Crippen LogP contribution in [0.3, 0.4) is 0 Å². The van der Waals surface area contributed by atoms with E-state index in [0.717, 1.165) is 10.1 Å². The Bertz CT molecular complexity index is 776. The van der Waals surface area contributed by atoms with Gasteiger partial charge in [0.2, 0.25) is 9.84 Å². The number of sulfone groups is 1. The van der Waals surface area contributed by atoms with Crippen molar-refractivity contribution >= 4 is 15.7 Å². The number of aryl methyl sites for hydroxylation is 2. The van der Waals surface area contributed by atoms with E-state index in [2.05, 4.69) is 4.98 Å². The number of nitrogens with zero attached hydrogens (tertiary/aromatic N) is 3. The van der Waals surface area contributed by atoms with E-state index in [4.69, 9.17) is 0 Å². The van der Waals surface area contributed by atoms with Crippen molar-refractivity contribution in [3.63, 3.8) is 0 Å². The lowest BCUT2D eigenvalue weighted by atomic mass is 10.2. The first-order chi connectivity index (χ1) is 9.25. The number of hydrogen-bond donors (Lipinski definition) is 0. The number of rotatable bonds is 3. The Hall–Kier alpha value is -2.22. The van der Waals surface area contributed by atoms with Gasteiger partial charge in [-0.3, -0.25) is 0 Å². The van der Waals surface area contributed by atoms with Crippen LogP contribution in [0.5, 0.6) is 0 Å². The molecule has 0 atom stereocenters. The van der Waals surface area contributed by atoms with Crippen LogP contribution in [-0.4, -0.2) is 22.9 Å². The maximum Gasteiger partial charge on any atom is 0.362 e. The second-order valence-electron chi connectivity index (χ2n) is 4.42. The zero-order chi connectivity index (χ0) is 15.1. The highest BCUT2D eigenvalue weighted by Gasteiger charge is 2.33. The molecule has 0 saturated heterocycles. The summed E-state index contributed by atoms with van der Waals surface area (Å²) in [6.45, 7) is 3.34. The second-order valence-corrected chi connectivity index (χ2v) is 6.29. The molecule has 0 aliphatic heterocycles. The fourth-order valence-corrected chi connectivity index (χ4v) is 3.20. The Kier molecular flexibility index (Phi) is 3.34. The van der Waals surface area contributed by atoms with Crippen LogP contribution in [-0.2, 0) is 16.9 Å². The first kappa shape index (κ1) is 14.2. The molecular formula is C12H13N3O4S. The van der Waals surface area contributed by atoms with Crippen LogP contribution in [0.4, 0.5) is 5.82 Å². The lowest BCUT2D eigenvalue weighted by molar-refractivity contribution is -0.394. The molecule has 0 bridgehead atoms. The molecular weight excluding hydrogens is 282 g/mol. The summed E-state index contributed by atoms with van der Waals surface area (Å²) in [5.74, 6) is -0.259. The highest BCUT2D eigenvalue weighted by molar-refractivity contribution is 7.91. The van der Waals surface area contributed by atoms with Crippen LogP contribution in [0.1, 0.15) is 11.4 Å². The third-order valence-corrected chi connectivity index (χ3v) is 4.69. The lowest BCUT2D eigenvalue weighted by Gasteiger charge is -2.02. The van der Waals surface area contributed by atoms with Gasteiger partial charge in [-0.05, 0) is 24.0 Å². The molecule has 1 aromatic heterocycles. The molecule has 2 rings (SSSR count). The van der Waals surface area contributed by atoms with Gasteiger partial charge in [-0.2, -0.15) is 4.98 Å². The molecule has 106 valence electrons. The Morgan fingerprint density at radius 3 is 2.25 bits per heavy atom. The highest BCUT2D eigenvalue weighted by atomic mass is 32.2. The topological polar surface area (TPSA) is 95.1 Å². The zero-order valence-corrected chi connectivity index (χ0v) is 12.0. The molecule has 0 fully saturated rings. The first-order valence-electron chi connectivity index (χ1n) is 5.74. The largest absolute Gasteiger partial charge is 0.362 e. The van der Waals surface area contributed by atoms with Gasteiger partial charge >= 0.3 is 5.82 Å². The van der Waals surface area contributed by atoms with Crippen molar-refractivity contribution in [2.24, 2.45) is 7.05 Å². The van der Waals surface area contributed by atoms with E-state index < -0.39 is 25.6 Å². The summed E-state index contributed by atoms with van der Waals surface area (Å²) in [6.07, 6.45) is 0. The Morgan fingerprint density at radius 2 is 1.75 bits per heavy atom. The van der Waals surface area contributed by atoms with Crippen LogP contribution in [0.2, 0.25) is 0 Å². The van der Waals surface area contributed by atoms with Crippen molar-refractivity contribution in [3.05, 3.63) is 45.8 Å². The molecule has 0 saturated carbocycles. The van der Waals surface area contributed by atoms with Crippen LogP contribution >= 0.6 is 0 Å². The monoisotopic (exact) mass is 295 g/mol. The number of aromatic nitrogens is 2. The van der Waals surface area contributed by atoms with Gasteiger partial charge in [-0.25, -0.2) is 13.0 Å². The van der Waals surface area contributed by atoms with Crippen molar-refractivity contribution in [2.45, 2.75) is 23.8 Å². The predicted octanol–water partition coefficient (Wildman–Crippen LogP) is 1.78. The predicted molar refractivity (Wildman–Crippen MR) is 71.2 cm³/mol. The zero-order valence-electron chi connectivity index (χ0n) is 11.2. The summed E-state index contributed by atoms with van der Waals surface area (Å²) in [5, 5.41) is 10.5. The maximum absolute atomic E-state index is 12.5. The van der Waals surface area contributed by atoms with Crippen molar-refractivity contribution < 1.29 is 13.3 Å². The average Bonchev–Trinajstić information content (AvgIpc) is 2.67. The fourth-order valence-electron chi connectivity index (χ4n) is 1.78. The van der Waals surface area contributed by atoms with Gasteiger partial charge < -0.3 is 10.1 Å². The van der Waals surface area contributed by atoms with Gasteiger partial charge in [0.15, 0.2) is 5.82 Å². The van der Waals surface area contributed by atoms with Gasteiger partial charge in [0.05, 0.1) is 11.9 Å². The van der Waals surface area contributed by atoms with Crippen LogP contribution in [0.15, 0.2) is 34.2 Å². The minimum Gasteiger partial charge on any atom is -0.358 e. The maximum atomic E-state index is 12.5. The van der Waals surface area contributed by atoms with Crippen molar-refractivity contribution in [1.82, 2.24) is 9.55 Å². The van der Waals surface area contributed by atoms with Crippen molar-refractivity contribution in [1.29, 1.82) is 0 Å². The normalized spacial score (nSPS) is 11.6. The van der Waals surface area contributed by atoms with E-state index in [0.29, 0.717) is 0 Å². The van der Waals surface area contributed by atoms with Gasteiger partial charge in [-0.1, -0.05) is 17.7 Å². The lowest BCUT2D eigenvalue weighted by Crippen LogP contribution is -2.07. The third-order valence-electron chi connectivity index (χ3n) is 3.02. The second kappa shape index (κ2) is 4.71. The van der Waals surface area contributed by atoms with Crippen LogP contribution in [0.25, 0.3) is 0 Å². The minimum atomic E-state index is -4.01. The molecule has 1 heterocycles. The molecule has 20 heavy (non-hydrogen) atoms. The van der Waals surface area contributed by atoms with E-state index in [1.807, 2.05) is 6.92 Å². The van der Waals surface area contributed by atoms with Gasteiger partial charge in [0.1, 0.15) is 0 Å². The molecule has 1 aromatic carbocycles. The van der Waals surface area contributed by atoms with Gasteiger partial charge in [-0.15, -0.1) is 0 Å². The van der Waals surface area contributed by atoms with Crippen molar-refractivity contribution in [2.75, 3.05) is 0 Å². The summed E-state index contributed by atoms with van der Waals surface area (Å²) >= 11 is 0. The standard InChI is InChI=1S/C12H13N3O4S/c1-8-4-6-10(7-5-8)20(18,19)11-12(15(16)17)14(3)9(2)13-11/h4-7H,1-3H3. The fraction of sp³-hybridized carbons (Fsp3) is 0.250.